The lowest BCUT2D eigenvalue weighted by Gasteiger charge is -2.17. The van der Waals surface area contributed by atoms with Gasteiger partial charge in [0.25, 0.3) is 0 Å². The first kappa shape index (κ1) is 36.8. The number of hydrogen-bond acceptors (Lipinski definition) is 5. The van der Waals surface area contributed by atoms with E-state index >= 15 is 0 Å². The number of aromatic nitrogens is 5. The Labute approximate surface area is 368 Å². The lowest BCUT2D eigenvalue weighted by Crippen LogP contribution is -2.08. The van der Waals surface area contributed by atoms with E-state index in [4.69, 9.17) is 19.9 Å². The number of benzene rings is 8. The Morgan fingerprint density at radius 2 is 1.00 bits per heavy atom. The minimum absolute atomic E-state index is 0.417. The summed E-state index contributed by atoms with van der Waals surface area (Å²) >= 11 is 1.83. The molecule has 0 fully saturated rings. The van der Waals surface area contributed by atoms with Gasteiger partial charge in [0.1, 0.15) is 11.6 Å². The highest BCUT2D eigenvalue weighted by atomic mass is 32.1. The van der Waals surface area contributed by atoms with E-state index in [0.717, 1.165) is 55.8 Å². The van der Waals surface area contributed by atoms with Gasteiger partial charge >= 0.3 is 0 Å². The summed E-state index contributed by atoms with van der Waals surface area (Å²) in [5, 5.41) is 4.86. The van der Waals surface area contributed by atoms with Crippen molar-refractivity contribution in [2.45, 2.75) is 6.42 Å². The molecule has 12 rings (SSSR count). The zero-order valence-corrected chi connectivity index (χ0v) is 34.9. The van der Waals surface area contributed by atoms with E-state index in [1.165, 1.54) is 42.1 Å². The summed E-state index contributed by atoms with van der Waals surface area (Å²) in [5.74, 6) is 2.79. The first-order valence-corrected chi connectivity index (χ1v) is 22.0. The third-order valence-electron chi connectivity index (χ3n) is 11.9. The van der Waals surface area contributed by atoms with E-state index in [9.17, 15) is 0 Å². The molecule has 296 valence electrons. The second kappa shape index (κ2) is 15.4. The zero-order chi connectivity index (χ0) is 41.7. The molecule has 0 N–H and O–H groups in total. The van der Waals surface area contributed by atoms with Gasteiger partial charge in [-0.3, -0.25) is 4.57 Å². The molecule has 0 spiro atoms. The van der Waals surface area contributed by atoms with Crippen molar-refractivity contribution < 1.29 is 0 Å². The number of nitrogens with zero attached hydrogens (tertiary/aromatic N) is 5. The van der Waals surface area contributed by atoms with Crippen molar-refractivity contribution in [2.75, 3.05) is 0 Å². The van der Waals surface area contributed by atoms with Gasteiger partial charge in [-0.05, 0) is 58.1 Å². The average molecular weight is 824 g/mol. The average Bonchev–Trinajstić information content (AvgIpc) is 3.91. The molecule has 0 amide bonds. The van der Waals surface area contributed by atoms with E-state index in [0.29, 0.717) is 23.9 Å². The number of fused-ring (bicyclic) bond motifs is 7. The van der Waals surface area contributed by atoms with Crippen molar-refractivity contribution >= 4 is 53.3 Å². The van der Waals surface area contributed by atoms with Gasteiger partial charge in [-0.1, -0.05) is 176 Å². The van der Waals surface area contributed by atoms with Crippen molar-refractivity contribution in [3.8, 4) is 62.0 Å². The van der Waals surface area contributed by atoms with Gasteiger partial charge in [-0.15, -0.1) is 11.3 Å². The standard InChI is InChI=1S/C57H37N5S/c1-5-17-37(18-6-1)44-30-29-41(34-48(44)38-19-7-2-8-20-38)43-33-42(35-52-59-55(39-21-9-3-10-22-39)61-56(60-52)40-23-11-4-12-24-40)57(58-36-43)62-49-27-15-13-25-45(49)46-31-32-51-53(54(46)62)47-26-14-16-28-50(47)63-51/h1-34,36H,35H2. The first-order valence-electron chi connectivity index (χ1n) is 21.2. The van der Waals surface area contributed by atoms with Crippen LogP contribution in [0.4, 0.5) is 0 Å². The van der Waals surface area contributed by atoms with Gasteiger partial charge in [0.15, 0.2) is 11.6 Å². The molecular formula is C57H37N5S. The predicted octanol–water partition coefficient (Wildman–Crippen LogP) is 14.7. The van der Waals surface area contributed by atoms with Crippen LogP contribution < -0.4 is 0 Å². The molecule has 12 aromatic rings. The third-order valence-corrected chi connectivity index (χ3v) is 13.1. The molecule has 8 aromatic carbocycles. The molecule has 6 heteroatoms. The van der Waals surface area contributed by atoms with Gasteiger partial charge in [-0.25, -0.2) is 19.9 Å². The summed E-state index contributed by atoms with van der Waals surface area (Å²) < 4.78 is 4.90. The molecule has 63 heavy (non-hydrogen) atoms. The lowest BCUT2D eigenvalue weighted by atomic mass is 9.91. The van der Waals surface area contributed by atoms with E-state index < -0.39 is 0 Å². The van der Waals surface area contributed by atoms with Gasteiger partial charge < -0.3 is 0 Å². The molecule has 4 heterocycles. The summed E-state index contributed by atoms with van der Waals surface area (Å²) in [6, 6.07) is 72.7. The van der Waals surface area contributed by atoms with Crippen LogP contribution in [0, 0.1) is 0 Å². The van der Waals surface area contributed by atoms with Crippen LogP contribution in [0.5, 0.6) is 0 Å². The summed E-state index contributed by atoms with van der Waals surface area (Å²) in [6.45, 7) is 0. The SMILES string of the molecule is c1ccc(-c2nc(Cc3cc(-c4ccc(-c5ccccc5)c(-c5ccccc5)c4)cnc3-n3c4ccccc4c4ccc5sc6ccccc6c5c43)nc(-c3ccccc3)n2)cc1. The molecule has 0 radical (unpaired) electrons. The molecule has 5 nitrogen and oxygen atoms in total. The molecule has 0 atom stereocenters. The first-order chi connectivity index (χ1) is 31.2. The zero-order valence-electron chi connectivity index (χ0n) is 34.1. The van der Waals surface area contributed by atoms with Crippen molar-refractivity contribution in [1.82, 2.24) is 24.5 Å². The summed E-state index contributed by atoms with van der Waals surface area (Å²) in [7, 11) is 0. The molecular weight excluding hydrogens is 787 g/mol. The molecule has 0 unspecified atom stereocenters. The van der Waals surface area contributed by atoms with Crippen LogP contribution in [-0.2, 0) is 6.42 Å². The Bertz CT molecular complexity index is 3580. The van der Waals surface area contributed by atoms with Gasteiger partial charge in [0.05, 0.1) is 11.0 Å². The number of thiophene rings is 1. The molecule has 0 saturated heterocycles. The van der Waals surface area contributed by atoms with Crippen LogP contribution in [0.1, 0.15) is 11.4 Å². The summed E-state index contributed by atoms with van der Waals surface area (Å²) in [5.41, 5.74) is 11.9. The van der Waals surface area contributed by atoms with E-state index in [-0.39, 0.29) is 0 Å². The number of para-hydroxylation sites is 1. The van der Waals surface area contributed by atoms with Crippen molar-refractivity contribution in [3.63, 3.8) is 0 Å². The van der Waals surface area contributed by atoms with E-state index in [1.807, 2.05) is 53.9 Å². The van der Waals surface area contributed by atoms with E-state index in [2.05, 4.69) is 174 Å². The largest absolute Gasteiger partial charge is 0.293 e. The van der Waals surface area contributed by atoms with Crippen molar-refractivity contribution in [1.29, 1.82) is 0 Å². The van der Waals surface area contributed by atoms with Crippen LogP contribution in [0.2, 0.25) is 0 Å². The third kappa shape index (κ3) is 6.56. The molecule has 0 bridgehead atoms. The number of rotatable bonds is 8. The summed E-state index contributed by atoms with van der Waals surface area (Å²) in [6.07, 6.45) is 2.45. The molecule has 4 aromatic heterocycles. The maximum absolute atomic E-state index is 5.50. The topological polar surface area (TPSA) is 56.5 Å². The second-order valence-corrected chi connectivity index (χ2v) is 16.9. The monoisotopic (exact) mass is 823 g/mol. The quantitative estimate of drug-likeness (QED) is 0.153. The highest BCUT2D eigenvalue weighted by molar-refractivity contribution is 7.26. The smallest absolute Gasteiger partial charge is 0.163 e. The van der Waals surface area contributed by atoms with Crippen molar-refractivity contribution in [2.24, 2.45) is 0 Å². The maximum atomic E-state index is 5.50. The van der Waals surface area contributed by atoms with Gasteiger partial charge in [0.2, 0.25) is 0 Å². The fourth-order valence-corrected chi connectivity index (χ4v) is 10.1. The van der Waals surface area contributed by atoms with Crippen molar-refractivity contribution in [3.05, 3.63) is 224 Å². The van der Waals surface area contributed by atoms with E-state index in [1.54, 1.807) is 0 Å². The van der Waals surface area contributed by atoms with Crippen LogP contribution in [0.15, 0.2) is 212 Å². The summed E-state index contributed by atoms with van der Waals surface area (Å²) in [4.78, 5) is 20.9. The molecule has 0 aliphatic rings. The lowest BCUT2D eigenvalue weighted by molar-refractivity contribution is 0.914. The second-order valence-electron chi connectivity index (χ2n) is 15.8. The Morgan fingerprint density at radius 1 is 0.413 bits per heavy atom. The Hall–Kier alpha value is -8.06. The normalized spacial score (nSPS) is 11.6. The minimum atomic E-state index is 0.417. The molecule has 0 aliphatic heterocycles. The molecule has 0 saturated carbocycles. The van der Waals surface area contributed by atoms with Crippen LogP contribution >= 0.6 is 11.3 Å². The number of hydrogen-bond donors (Lipinski definition) is 0. The highest BCUT2D eigenvalue weighted by Crippen LogP contribution is 2.44. The fourth-order valence-electron chi connectivity index (χ4n) is 9.03. The highest BCUT2D eigenvalue weighted by Gasteiger charge is 2.22. The number of pyridine rings is 1. The van der Waals surface area contributed by atoms with Gasteiger partial charge in [-0.2, -0.15) is 0 Å². The Balaban J connectivity index is 1.12. The van der Waals surface area contributed by atoms with Crippen LogP contribution in [-0.4, -0.2) is 24.5 Å². The maximum Gasteiger partial charge on any atom is 0.163 e. The van der Waals surface area contributed by atoms with Crippen LogP contribution in [0.3, 0.4) is 0 Å². The minimum Gasteiger partial charge on any atom is -0.293 e. The predicted molar refractivity (Wildman–Crippen MR) is 261 cm³/mol. The Morgan fingerprint density at radius 3 is 1.68 bits per heavy atom. The van der Waals surface area contributed by atoms with Gasteiger partial charge in [0, 0.05) is 65.8 Å². The van der Waals surface area contributed by atoms with Crippen LogP contribution in [0.25, 0.3) is 104 Å². The fraction of sp³-hybridized carbons (Fsp3) is 0.0175. The Kier molecular flexibility index (Phi) is 9.01. The molecule has 0 aliphatic carbocycles.